The third-order valence-electron chi connectivity index (χ3n) is 3.01. The molecule has 2 heterocycles. The van der Waals surface area contributed by atoms with E-state index in [0.29, 0.717) is 19.3 Å². The maximum Gasteiger partial charge on any atom is 0.166 e. The molecule has 0 spiro atoms. The molecule has 1 aromatic rings. The molecule has 5 heteroatoms. The first-order valence-corrected chi connectivity index (χ1v) is 5.78. The minimum Gasteiger partial charge on any atom is -0.486 e. The van der Waals surface area contributed by atoms with Gasteiger partial charge in [0.25, 0.3) is 0 Å². The lowest BCUT2D eigenvalue weighted by atomic mass is 10.0. The summed E-state index contributed by atoms with van der Waals surface area (Å²) in [7, 11) is 0. The van der Waals surface area contributed by atoms with E-state index in [9.17, 15) is 0 Å². The molecule has 3 rings (SSSR count). The van der Waals surface area contributed by atoms with E-state index < -0.39 is 0 Å². The Morgan fingerprint density at radius 3 is 2.82 bits per heavy atom. The highest BCUT2D eigenvalue weighted by atomic mass is 35.5. The Hall–Kier alpha value is -0.970. The van der Waals surface area contributed by atoms with Gasteiger partial charge in [0.2, 0.25) is 0 Å². The molecule has 2 aliphatic rings. The van der Waals surface area contributed by atoms with Gasteiger partial charge in [-0.2, -0.15) is 0 Å². The zero-order valence-electron chi connectivity index (χ0n) is 9.57. The van der Waals surface area contributed by atoms with E-state index in [1.807, 2.05) is 12.1 Å². The quantitative estimate of drug-likeness (QED) is 0.790. The third-order valence-corrected chi connectivity index (χ3v) is 3.01. The maximum atomic E-state index is 5.72. The lowest BCUT2D eigenvalue weighted by Gasteiger charge is -2.28. The van der Waals surface area contributed by atoms with Gasteiger partial charge in [-0.1, -0.05) is 12.1 Å². The number of hydrogen-bond donors (Lipinski definition) is 2. The van der Waals surface area contributed by atoms with E-state index in [2.05, 4.69) is 16.7 Å². The first kappa shape index (κ1) is 12.5. The molecule has 0 aliphatic carbocycles. The predicted molar refractivity (Wildman–Crippen MR) is 68.3 cm³/mol. The molecule has 4 nitrogen and oxygen atoms in total. The zero-order valence-corrected chi connectivity index (χ0v) is 10.4. The van der Waals surface area contributed by atoms with Gasteiger partial charge in [-0.15, -0.1) is 12.4 Å². The summed E-state index contributed by atoms with van der Waals surface area (Å²) in [5.74, 6) is 1.78. The minimum absolute atomic E-state index is 0. The Kier molecular flexibility index (Phi) is 4.10. The molecule has 1 aromatic carbocycles. The number of ether oxygens (including phenoxy) is 2. The van der Waals surface area contributed by atoms with Crippen molar-refractivity contribution in [3.8, 4) is 11.5 Å². The molecule has 0 bridgehead atoms. The molecule has 0 saturated carbocycles. The summed E-state index contributed by atoms with van der Waals surface area (Å²) in [5.41, 5.74) is 1.20. The van der Waals surface area contributed by atoms with Crippen LogP contribution in [0.4, 0.5) is 0 Å². The van der Waals surface area contributed by atoms with Gasteiger partial charge in [0.05, 0.1) is 0 Å². The van der Waals surface area contributed by atoms with Crippen LogP contribution in [0.25, 0.3) is 0 Å². The van der Waals surface area contributed by atoms with Crippen molar-refractivity contribution < 1.29 is 9.47 Å². The van der Waals surface area contributed by atoms with E-state index >= 15 is 0 Å². The van der Waals surface area contributed by atoms with Crippen molar-refractivity contribution in [3.05, 3.63) is 23.8 Å². The van der Waals surface area contributed by atoms with Crippen LogP contribution in [0.3, 0.4) is 0 Å². The smallest absolute Gasteiger partial charge is 0.166 e. The van der Waals surface area contributed by atoms with Crippen LogP contribution in [0.15, 0.2) is 18.2 Å². The Labute approximate surface area is 107 Å². The van der Waals surface area contributed by atoms with Gasteiger partial charge in [-0.3, -0.25) is 0 Å². The van der Waals surface area contributed by atoms with E-state index in [1.165, 1.54) is 5.56 Å². The molecule has 2 N–H and O–H groups in total. The summed E-state index contributed by atoms with van der Waals surface area (Å²) in [6.07, 6.45) is 0. The van der Waals surface area contributed by atoms with Crippen molar-refractivity contribution >= 4 is 12.4 Å². The number of halogens is 1. The van der Waals surface area contributed by atoms with E-state index in [-0.39, 0.29) is 12.4 Å². The van der Waals surface area contributed by atoms with Crippen LogP contribution < -0.4 is 20.1 Å². The molecule has 17 heavy (non-hydrogen) atoms. The summed E-state index contributed by atoms with van der Waals surface area (Å²) < 4.78 is 11.3. The second kappa shape index (κ2) is 5.58. The summed E-state index contributed by atoms with van der Waals surface area (Å²) in [6, 6.07) is 6.43. The van der Waals surface area contributed by atoms with Gasteiger partial charge in [-0.25, -0.2) is 0 Å². The van der Waals surface area contributed by atoms with Crippen molar-refractivity contribution in [2.24, 2.45) is 0 Å². The lowest BCUT2D eigenvalue weighted by molar-refractivity contribution is 0.168. The number of nitrogens with one attached hydrogen (secondary N) is 2. The summed E-state index contributed by atoms with van der Waals surface area (Å²) >= 11 is 0. The van der Waals surface area contributed by atoms with Crippen molar-refractivity contribution in [1.29, 1.82) is 0 Å². The number of para-hydroxylation sites is 1. The lowest BCUT2D eigenvalue weighted by Crippen LogP contribution is -2.42. The molecule has 94 valence electrons. The minimum atomic E-state index is 0. The number of fused-ring (bicyclic) bond motifs is 1. The monoisotopic (exact) mass is 256 g/mol. The fourth-order valence-corrected chi connectivity index (χ4v) is 2.24. The molecule has 0 radical (unpaired) electrons. The normalized spacial score (nSPS) is 22.7. The van der Waals surface area contributed by atoms with Crippen LogP contribution in [0.1, 0.15) is 11.6 Å². The summed E-state index contributed by atoms with van der Waals surface area (Å²) in [5, 5.41) is 6.87. The Balaban J connectivity index is 0.00000108. The third kappa shape index (κ3) is 2.49. The Morgan fingerprint density at radius 1 is 1.12 bits per heavy atom. The second-order valence-electron chi connectivity index (χ2n) is 4.08. The van der Waals surface area contributed by atoms with Crippen molar-refractivity contribution in [1.82, 2.24) is 10.6 Å². The molecule has 1 saturated heterocycles. The van der Waals surface area contributed by atoms with Crippen LogP contribution in [0.2, 0.25) is 0 Å². The highest BCUT2D eigenvalue weighted by Crippen LogP contribution is 2.36. The fourth-order valence-electron chi connectivity index (χ4n) is 2.24. The van der Waals surface area contributed by atoms with Crippen LogP contribution in [0, 0.1) is 0 Å². The maximum absolute atomic E-state index is 5.72. The molecule has 0 unspecified atom stereocenters. The largest absolute Gasteiger partial charge is 0.486 e. The molecular weight excluding hydrogens is 240 g/mol. The number of benzene rings is 1. The number of piperazine rings is 1. The predicted octanol–water partition coefficient (Wildman–Crippen LogP) is 1.11. The van der Waals surface area contributed by atoms with Crippen molar-refractivity contribution in [2.75, 3.05) is 32.8 Å². The topological polar surface area (TPSA) is 42.5 Å². The zero-order chi connectivity index (χ0) is 10.8. The number of rotatable bonds is 1. The number of hydrogen-bond acceptors (Lipinski definition) is 4. The summed E-state index contributed by atoms with van der Waals surface area (Å²) in [6.45, 7) is 4.26. The average molecular weight is 257 g/mol. The van der Waals surface area contributed by atoms with Gasteiger partial charge in [-0.05, 0) is 6.07 Å². The molecule has 2 aliphatic heterocycles. The average Bonchev–Trinajstić information content (AvgIpc) is 2.39. The van der Waals surface area contributed by atoms with Crippen molar-refractivity contribution in [2.45, 2.75) is 6.04 Å². The van der Waals surface area contributed by atoms with Crippen molar-refractivity contribution in [3.63, 3.8) is 0 Å². The standard InChI is InChI=1S/C12H16N2O2.ClH/c1-2-9(10-8-13-4-5-14-10)12-11(3-1)15-6-7-16-12;/h1-3,10,13-14H,4-8H2;1H/t10-;/m0./s1. The van der Waals surface area contributed by atoms with E-state index in [4.69, 9.17) is 9.47 Å². The fraction of sp³-hybridized carbons (Fsp3) is 0.500. The van der Waals surface area contributed by atoms with Crippen LogP contribution in [-0.4, -0.2) is 32.8 Å². The summed E-state index contributed by atoms with van der Waals surface area (Å²) in [4.78, 5) is 0. The van der Waals surface area contributed by atoms with Crippen LogP contribution in [0.5, 0.6) is 11.5 Å². The Morgan fingerprint density at radius 2 is 2.00 bits per heavy atom. The first-order valence-electron chi connectivity index (χ1n) is 5.78. The van der Waals surface area contributed by atoms with Gasteiger partial charge in [0.15, 0.2) is 11.5 Å². The molecule has 1 fully saturated rings. The van der Waals surface area contributed by atoms with Crippen LogP contribution >= 0.6 is 12.4 Å². The van der Waals surface area contributed by atoms with E-state index in [0.717, 1.165) is 31.1 Å². The van der Waals surface area contributed by atoms with E-state index in [1.54, 1.807) is 0 Å². The molecule has 0 amide bonds. The molecule has 1 atom stereocenters. The second-order valence-corrected chi connectivity index (χ2v) is 4.08. The highest BCUT2D eigenvalue weighted by Gasteiger charge is 2.22. The molecule has 0 aromatic heterocycles. The van der Waals surface area contributed by atoms with Gasteiger partial charge in [0.1, 0.15) is 13.2 Å². The first-order chi connectivity index (χ1) is 7.95. The SMILES string of the molecule is Cl.c1cc2c(c([C@@H]3CNCCN3)c1)OCCO2. The molecular formula is C12H17ClN2O2. The van der Waals surface area contributed by atoms with Crippen LogP contribution in [-0.2, 0) is 0 Å². The van der Waals surface area contributed by atoms with Gasteiger partial charge >= 0.3 is 0 Å². The van der Waals surface area contributed by atoms with Gasteiger partial charge in [0, 0.05) is 31.2 Å². The Bertz CT molecular complexity index is 381. The highest BCUT2D eigenvalue weighted by molar-refractivity contribution is 5.85. The van der Waals surface area contributed by atoms with Gasteiger partial charge < -0.3 is 20.1 Å².